The van der Waals surface area contributed by atoms with Crippen molar-refractivity contribution in [2.45, 2.75) is 10.1 Å². The van der Waals surface area contributed by atoms with Crippen molar-refractivity contribution in [3.8, 4) is 0 Å². The van der Waals surface area contributed by atoms with Crippen LogP contribution in [-0.2, 0) is 7.05 Å². The second-order valence-corrected chi connectivity index (χ2v) is 3.94. The van der Waals surface area contributed by atoms with Crippen LogP contribution in [0.1, 0.15) is 10.4 Å². The average Bonchev–Trinajstić information content (AvgIpc) is 2.67. The molecule has 2 aromatic rings. The van der Waals surface area contributed by atoms with E-state index in [9.17, 15) is 9.18 Å². The zero-order valence-corrected chi connectivity index (χ0v) is 9.11. The number of hydrogen-bond donors (Lipinski definition) is 0. The third kappa shape index (κ3) is 1.94. The lowest BCUT2D eigenvalue weighted by Gasteiger charge is -2.03. The molecule has 0 spiro atoms. The Kier molecular flexibility index (Phi) is 2.95. The van der Waals surface area contributed by atoms with Crippen LogP contribution in [0, 0.1) is 5.82 Å². The van der Waals surface area contributed by atoms with Crippen molar-refractivity contribution >= 4 is 18.0 Å². The van der Waals surface area contributed by atoms with Gasteiger partial charge in [-0.1, -0.05) is 12.1 Å². The SMILES string of the molecule is Cn1nnnc1Sc1c(F)cccc1C=O. The molecule has 0 saturated carbocycles. The van der Waals surface area contributed by atoms with Crippen LogP contribution in [0.5, 0.6) is 0 Å². The molecule has 1 aromatic heterocycles. The summed E-state index contributed by atoms with van der Waals surface area (Å²) in [6.07, 6.45) is 0.606. The molecule has 0 aliphatic rings. The molecule has 0 bridgehead atoms. The summed E-state index contributed by atoms with van der Waals surface area (Å²) in [4.78, 5) is 11.0. The smallest absolute Gasteiger partial charge is 0.213 e. The summed E-state index contributed by atoms with van der Waals surface area (Å²) >= 11 is 1.02. The molecule has 1 aromatic carbocycles. The highest BCUT2D eigenvalue weighted by molar-refractivity contribution is 7.99. The number of carbonyl (C=O) groups is 1. The summed E-state index contributed by atoms with van der Waals surface area (Å²) < 4.78 is 14.9. The molecule has 0 unspecified atom stereocenters. The second kappa shape index (κ2) is 4.40. The van der Waals surface area contributed by atoms with E-state index >= 15 is 0 Å². The number of benzene rings is 1. The summed E-state index contributed by atoms with van der Waals surface area (Å²) in [5.41, 5.74) is 0.285. The molecule has 0 atom stereocenters. The number of hydrogen-bond acceptors (Lipinski definition) is 5. The molecule has 0 saturated heterocycles. The number of aryl methyl sites for hydroxylation is 1. The normalized spacial score (nSPS) is 10.4. The first-order chi connectivity index (χ1) is 7.72. The molecule has 7 heteroatoms. The Labute approximate surface area is 94.7 Å². The first-order valence-corrected chi connectivity index (χ1v) is 5.18. The number of aromatic nitrogens is 4. The third-order valence-corrected chi connectivity index (χ3v) is 3.06. The van der Waals surface area contributed by atoms with Crippen LogP contribution in [0.15, 0.2) is 28.3 Å². The van der Waals surface area contributed by atoms with Crippen LogP contribution in [0.3, 0.4) is 0 Å². The maximum absolute atomic E-state index is 13.5. The van der Waals surface area contributed by atoms with Crippen LogP contribution in [0.4, 0.5) is 4.39 Å². The van der Waals surface area contributed by atoms with Gasteiger partial charge in [-0.05, 0) is 28.3 Å². The minimum atomic E-state index is -0.461. The van der Waals surface area contributed by atoms with Crippen molar-refractivity contribution in [1.29, 1.82) is 0 Å². The van der Waals surface area contributed by atoms with Gasteiger partial charge < -0.3 is 0 Å². The largest absolute Gasteiger partial charge is 0.298 e. The van der Waals surface area contributed by atoms with E-state index in [0.29, 0.717) is 11.4 Å². The van der Waals surface area contributed by atoms with E-state index in [1.807, 2.05) is 0 Å². The van der Waals surface area contributed by atoms with E-state index in [0.717, 1.165) is 11.8 Å². The van der Waals surface area contributed by atoms with Gasteiger partial charge in [-0.15, -0.1) is 5.10 Å². The van der Waals surface area contributed by atoms with Gasteiger partial charge in [0.05, 0.1) is 4.90 Å². The van der Waals surface area contributed by atoms with Gasteiger partial charge in [0.15, 0.2) is 6.29 Å². The Morgan fingerprint density at radius 3 is 2.94 bits per heavy atom. The van der Waals surface area contributed by atoms with Crippen molar-refractivity contribution in [2.75, 3.05) is 0 Å². The van der Waals surface area contributed by atoms with E-state index < -0.39 is 5.82 Å². The fourth-order valence-electron chi connectivity index (χ4n) is 1.12. The van der Waals surface area contributed by atoms with Gasteiger partial charge in [0.25, 0.3) is 0 Å². The van der Waals surface area contributed by atoms with Crippen molar-refractivity contribution in [1.82, 2.24) is 20.2 Å². The first-order valence-electron chi connectivity index (χ1n) is 4.36. The van der Waals surface area contributed by atoms with Crippen molar-refractivity contribution in [2.24, 2.45) is 7.05 Å². The Bertz CT molecular complexity index is 528. The summed E-state index contributed by atoms with van der Waals surface area (Å²) in [7, 11) is 1.64. The number of tetrazole rings is 1. The Hall–Kier alpha value is -1.76. The zero-order valence-electron chi connectivity index (χ0n) is 8.29. The standard InChI is InChI=1S/C9H7FN4OS/c1-14-9(11-12-13-14)16-8-6(5-15)3-2-4-7(8)10/h2-5H,1H3. The van der Waals surface area contributed by atoms with E-state index in [1.54, 1.807) is 13.1 Å². The molecule has 5 nitrogen and oxygen atoms in total. The molecule has 0 radical (unpaired) electrons. The number of nitrogens with zero attached hydrogens (tertiary/aromatic N) is 4. The summed E-state index contributed by atoms with van der Waals surface area (Å²) in [5, 5.41) is 11.2. The van der Waals surface area contributed by atoms with E-state index in [2.05, 4.69) is 15.5 Å². The summed E-state index contributed by atoms with van der Waals surface area (Å²) in [5.74, 6) is -0.461. The highest BCUT2D eigenvalue weighted by Gasteiger charge is 2.13. The van der Waals surface area contributed by atoms with Gasteiger partial charge in [-0.25, -0.2) is 9.07 Å². The highest BCUT2D eigenvalue weighted by Crippen LogP contribution is 2.29. The van der Waals surface area contributed by atoms with Crippen molar-refractivity contribution in [3.63, 3.8) is 0 Å². The first kappa shape index (κ1) is 10.7. The van der Waals surface area contributed by atoms with Crippen LogP contribution in [0.2, 0.25) is 0 Å². The molecule has 0 N–H and O–H groups in total. The Morgan fingerprint density at radius 2 is 2.31 bits per heavy atom. The predicted octanol–water partition coefficient (Wildman–Crippen LogP) is 1.31. The molecule has 1 heterocycles. The van der Waals surface area contributed by atoms with Gasteiger partial charge >= 0.3 is 0 Å². The van der Waals surface area contributed by atoms with Gasteiger partial charge in [0.2, 0.25) is 5.16 Å². The number of aldehydes is 1. The average molecular weight is 238 g/mol. The molecule has 0 amide bonds. The summed E-state index contributed by atoms with van der Waals surface area (Å²) in [6.45, 7) is 0. The molecular weight excluding hydrogens is 231 g/mol. The monoisotopic (exact) mass is 238 g/mol. The molecule has 0 aliphatic carbocycles. The van der Waals surface area contributed by atoms with Crippen molar-refractivity contribution in [3.05, 3.63) is 29.6 Å². The molecule has 16 heavy (non-hydrogen) atoms. The zero-order chi connectivity index (χ0) is 11.5. The quantitative estimate of drug-likeness (QED) is 0.754. The highest BCUT2D eigenvalue weighted by atomic mass is 32.2. The minimum Gasteiger partial charge on any atom is -0.298 e. The Morgan fingerprint density at radius 1 is 1.50 bits per heavy atom. The minimum absolute atomic E-state index is 0.232. The van der Waals surface area contributed by atoms with Gasteiger partial charge in [0, 0.05) is 12.6 Å². The van der Waals surface area contributed by atoms with E-state index in [4.69, 9.17) is 0 Å². The summed E-state index contributed by atoms with van der Waals surface area (Å²) in [6, 6.07) is 4.32. The number of halogens is 1. The Balaban J connectivity index is 2.41. The predicted molar refractivity (Wildman–Crippen MR) is 54.7 cm³/mol. The number of carbonyl (C=O) groups excluding carboxylic acids is 1. The van der Waals surface area contributed by atoms with Crippen molar-refractivity contribution < 1.29 is 9.18 Å². The third-order valence-electron chi connectivity index (χ3n) is 1.90. The maximum atomic E-state index is 13.5. The lowest BCUT2D eigenvalue weighted by Crippen LogP contribution is -1.95. The van der Waals surface area contributed by atoms with Crippen LogP contribution in [0.25, 0.3) is 0 Å². The number of rotatable bonds is 3. The molecule has 2 rings (SSSR count). The molecular formula is C9H7FN4OS. The van der Waals surface area contributed by atoms with Gasteiger partial charge in [-0.2, -0.15) is 0 Å². The topological polar surface area (TPSA) is 60.7 Å². The van der Waals surface area contributed by atoms with Gasteiger partial charge in [-0.3, -0.25) is 4.79 Å². The lowest BCUT2D eigenvalue weighted by molar-refractivity contribution is 0.112. The fourth-order valence-corrected chi connectivity index (χ4v) is 1.95. The van der Waals surface area contributed by atoms with Crippen LogP contribution < -0.4 is 0 Å². The lowest BCUT2D eigenvalue weighted by atomic mass is 10.2. The maximum Gasteiger partial charge on any atom is 0.213 e. The van der Waals surface area contributed by atoms with E-state index in [-0.39, 0.29) is 10.5 Å². The van der Waals surface area contributed by atoms with Gasteiger partial charge in [0.1, 0.15) is 5.82 Å². The van der Waals surface area contributed by atoms with Crippen LogP contribution >= 0.6 is 11.8 Å². The molecule has 82 valence electrons. The second-order valence-electron chi connectivity index (χ2n) is 2.96. The molecule has 0 aliphatic heterocycles. The molecule has 0 fully saturated rings. The fraction of sp³-hybridized carbons (Fsp3) is 0.111. The van der Waals surface area contributed by atoms with Crippen LogP contribution in [-0.4, -0.2) is 26.5 Å². The van der Waals surface area contributed by atoms with E-state index in [1.165, 1.54) is 16.8 Å².